The number of aromatic nitrogens is 2. The molecule has 2 aliphatic rings. The van der Waals surface area contributed by atoms with Gasteiger partial charge in [-0.05, 0) is 35.7 Å². The number of anilines is 1. The Balaban J connectivity index is 1.28. The predicted octanol–water partition coefficient (Wildman–Crippen LogP) is 1.45. The van der Waals surface area contributed by atoms with E-state index in [0.29, 0.717) is 26.1 Å². The SMILES string of the molecule is O=C([C@H]1Cc2ccccc2CN1)N1CCN(c2ccc3[nH]ncc3c2)C(=O)C1. The highest BCUT2D eigenvalue weighted by atomic mass is 16.2. The van der Waals surface area contributed by atoms with E-state index in [1.54, 1.807) is 16.0 Å². The van der Waals surface area contributed by atoms with Crippen molar-refractivity contribution in [1.29, 1.82) is 0 Å². The van der Waals surface area contributed by atoms with E-state index in [4.69, 9.17) is 0 Å². The minimum absolute atomic E-state index is 0.00721. The molecular formula is C21H21N5O2. The van der Waals surface area contributed by atoms with Gasteiger partial charge in [0.05, 0.1) is 17.8 Å². The maximum Gasteiger partial charge on any atom is 0.246 e. The van der Waals surface area contributed by atoms with E-state index in [2.05, 4.69) is 27.6 Å². The van der Waals surface area contributed by atoms with Gasteiger partial charge < -0.3 is 15.1 Å². The number of piperazine rings is 1. The van der Waals surface area contributed by atoms with Crippen LogP contribution in [0.1, 0.15) is 11.1 Å². The largest absolute Gasteiger partial charge is 0.330 e. The van der Waals surface area contributed by atoms with Gasteiger partial charge in [-0.1, -0.05) is 24.3 Å². The summed E-state index contributed by atoms with van der Waals surface area (Å²) in [5, 5.41) is 11.2. The number of carbonyl (C=O) groups is 2. The number of fused-ring (bicyclic) bond motifs is 2. The first kappa shape index (κ1) is 16.9. The average Bonchev–Trinajstić information content (AvgIpc) is 3.20. The lowest BCUT2D eigenvalue weighted by Crippen LogP contribution is -2.57. The second-order valence-electron chi connectivity index (χ2n) is 7.35. The minimum Gasteiger partial charge on any atom is -0.330 e. The number of nitrogens with zero attached hydrogens (tertiary/aromatic N) is 3. The molecule has 0 spiro atoms. The molecule has 0 aliphatic carbocycles. The second-order valence-corrected chi connectivity index (χ2v) is 7.35. The Kier molecular flexibility index (Phi) is 4.09. The fourth-order valence-corrected chi connectivity index (χ4v) is 4.08. The molecule has 2 aromatic carbocycles. The molecule has 1 atom stereocenters. The van der Waals surface area contributed by atoms with Gasteiger partial charge in [0.25, 0.3) is 0 Å². The quantitative estimate of drug-likeness (QED) is 0.710. The summed E-state index contributed by atoms with van der Waals surface area (Å²) in [5.41, 5.74) is 4.23. The lowest BCUT2D eigenvalue weighted by atomic mass is 9.95. The molecule has 1 aromatic heterocycles. The maximum absolute atomic E-state index is 13.0. The number of amides is 2. The third-order valence-electron chi connectivity index (χ3n) is 5.65. The van der Waals surface area contributed by atoms with Crippen molar-refractivity contribution < 1.29 is 9.59 Å². The molecule has 1 fully saturated rings. The topological polar surface area (TPSA) is 81.3 Å². The molecule has 3 heterocycles. The highest BCUT2D eigenvalue weighted by Crippen LogP contribution is 2.23. The van der Waals surface area contributed by atoms with Gasteiger partial charge >= 0.3 is 0 Å². The summed E-state index contributed by atoms with van der Waals surface area (Å²) in [6.45, 7) is 1.83. The molecule has 7 heteroatoms. The van der Waals surface area contributed by atoms with Crippen molar-refractivity contribution in [2.24, 2.45) is 0 Å². The van der Waals surface area contributed by atoms with Crippen LogP contribution >= 0.6 is 0 Å². The Labute approximate surface area is 162 Å². The molecule has 0 bridgehead atoms. The summed E-state index contributed by atoms with van der Waals surface area (Å²) in [6, 6.07) is 13.7. The molecule has 28 heavy (non-hydrogen) atoms. The summed E-state index contributed by atoms with van der Waals surface area (Å²) in [5.74, 6) is -0.0496. The van der Waals surface area contributed by atoms with Gasteiger partial charge in [-0.15, -0.1) is 0 Å². The monoisotopic (exact) mass is 375 g/mol. The molecule has 0 radical (unpaired) electrons. The summed E-state index contributed by atoms with van der Waals surface area (Å²) in [6.07, 6.45) is 2.41. The van der Waals surface area contributed by atoms with E-state index in [-0.39, 0.29) is 24.4 Å². The Morgan fingerprint density at radius 2 is 1.96 bits per heavy atom. The van der Waals surface area contributed by atoms with Crippen LogP contribution in [0.25, 0.3) is 10.9 Å². The van der Waals surface area contributed by atoms with Crippen molar-refractivity contribution in [2.75, 3.05) is 24.5 Å². The van der Waals surface area contributed by atoms with Crippen LogP contribution in [-0.2, 0) is 22.6 Å². The van der Waals surface area contributed by atoms with E-state index in [0.717, 1.165) is 16.6 Å². The molecule has 0 saturated carbocycles. The average molecular weight is 375 g/mol. The van der Waals surface area contributed by atoms with E-state index in [1.165, 1.54) is 11.1 Å². The smallest absolute Gasteiger partial charge is 0.246 e. The molecule has 142 valence electrons. The summed E-state index contributed by atoms with van der Waals surface area (Å²) < 4.78 is 0. The van der Waals surface area contributed by atoms with Crippen molar-refractivity contribution in [3.8, 4) is 0 Å². The normalized spacial score (nSPS) is 19.7. The standard InChI is InChI=1S/C21H21N5O2/c27-20-13-25(21(28)19-10-14-3-1-2-4-15(14)11-22-19)7-8-26(20)17-5-6-18-16(9-17)12-23-24-18/h1-6,9,12,19,22H,7-8,10-11,13H2,(H,23,24)/t19-/m1/s1. The number of rotatable bonds is 2. The predicted molar refractivity (Wildman–Crippen MR) is 106 cm³/mol. The zero-order valence-corrected chi connectivity index (χ0v) is 15.4. The van der Waals surface area contributed by atoms with Crippen molar-refractivity contribution >= 4 is 28.4 Å². The molecule has 2 amide bonds. The Morgan fingerprint density at radius 3 is 2.82 bits per heavy atom. The summed E-state index contributed by atoms with van der Waals surface area (Å²) in [7, 11) is 0. The molecule has 3 aromatic rings. The fraction of sp³-hybridized carbons (Fsp3) is 0.286. The molecular weight excluding hydrogens is 354 g/mol. The number of aromatic amines is 1. The van der Waals surface area contributed by atoms with E-state index in [9.17, 15) is 9.59 Å². The highest BCUT2D eigenvalue weighted by Gasteiger charge is 2.33. The fourth-order valence-electron chi connectivity index (χ4n) is 4.08. The molecule has 0 unspecified atom stereocenters. The van der Waals surface area contributed by atoms with E-state index in [1.807, 2.05) is 30.3 Å². The number of benzene rings is 2. The van der Waals surface area contributed by atoms with Gasteiger partial charge in [0.2, 0.25) is 11.8 Å². The van der Waals surface area contributed by atoms with Crippen LogP contribution in [0.3, 0.4) is 0 Å². The van der Waals surface area contributed by atoms with Gasteiger partial charge in [0, 0.05) is 30.7 Å². The number of H-pyrrole nitrogens is 1. The van der Waals surface area contributed by atoms with Crippen LogP contribution in [0, 0.1) is 0 Å². The molecule has 5 rings (SSSR count). The van der Waals surface area contributed by atoms with Gasteiger partial charge in [-0.2, -0.15) is 5.10 Å². The Morgan fingerprint density at radius 1 is 1.11 bits per heavy atom. The van der Waals surface area contributed by atoms with E-state index < -0.39 is 0 Å². The Bertz CT molecular complexity index is 1060. The van der Waals surface area contributed by atoms with Crippen LogP contribution in [0.5, 0.6) is 0 Å². The zero-order valence-electron chi connectivity index (χ0n) is 15.4. The first-order chi connectivity index (χ1) is 13.7. The molecule has 1 saturated heterocycles. The van der Waals surface area contributed by atoms with Crippen LogP contribution in [0.15, 0.2) is 48.7 Å². The van der Waals surface area contributed by atoms with Crippen molar-refractivity contribution in [3.05, 3.63) is 59.8 Å². The van der Waals surface area contributed by atoms with Gasteiger partial charge in [0.15, 0.2) is 0 Å². The van der Waals surface area contributed by atoms with Crippen LogP contribution in [-0.4, -0.2) is 52.6 Å². The third kappa shape index (κ3) is 2.93. The first-order valence-corrected chi connectivity index (χ1v) is 9.51. The van der Waals surface area contributed by atoms with Gasteiger partial charge in [-0.25, -0.2) is 0 Å². The lowest BCUT2D eigenvalue weighted by Gasteiger charge is -2.37. The second kappa shape index (κ2) is 6.76. The Hall–Kier alpha value is -3.19. The first-order valence-electron chi connectivity index (χ1n) is 9.51. The molecule has 2 N–H and O–H groups in total. The van der Waals surface area contributed by atoms with Crippen molar-refractivity contribution in [3.63, 3.8) is 0 Å². The van der Waals surface area contributed by atoms with Crippen LogP contribution in [0.2, 0.25) is 0 Å². The number of nitrogens with one attached hydrogen (secondary N) is 2. The molecule has 7 nitrogen and oxygen atoms in total. The number of carbonyl (C=O) groups excluding carboxylic acids is 2. The summed E-state index contributed by atoms with van der Waals surface area (Å²) in [4.78, 5) is 29.2. The van der Waals surface area contributed by atoms with Crippen LogP contribution < -0.4 is 10.2 Å². The lowest BCUT2D eigenvalue weighted by molar-refractivity contribution is -0.138. The third-order valence-corrected chi connectivity index (χ3v) is 5.65. The molecule has 2 aliphatic heterocycles. The highest BCUT2D eigenvalue weighted by molar-refractivity contribution is 6.00. The number of hydrogen-bond acceptors (Lipinski definition) is 4. The number of hydrogen-bond donors (Lipinski definition) is 2. The zero-order chi connectivity index (χ0) is 19.1. The summed E-state index contributed by atoms with van der Waals surface area (Å²) >= 11 is 0. The van der Waals surface area contributed by atoms with Gasteiger partial charge in [-0.3, -0.25) is 14.7 Å². The van der Waals surface area contributed by atoms with Gasteiger partial charge in [0.1, 0.15) is 6.54 Å². The maximum atomic E-state index is 13.0. The van der Waals surface area contributed by atoms with Crippen molar-refractivity contribution in [1.82, 2.24) is 20.4 Å². The van der Waals surface area contributed by atoms with E-state index >= 15 is 0 Å². The van der Waals surface area contributed by atoms with Crippen LogP contribution in [0.4, 0.5) is 5.69 Å². The minimum atomic E-state index is -0.267. The van der Waals surface area contributed by atoms with Crippen molar-refractivity contribution in [2.45, 2.75) is 19.0 Å².